The Morgan fingerprint density at radius 2 is 1.79 bits per heavy atom. The summed E-state index contributed by atoms with van der Waals surface area (Å²) in [5.41, 5.74) is 0.148. The van der Waals surface area contributed by atoms with Crippen molar-refractivity contribution in [2.75, 3.05) is 33.2 Å². The zero-order valence-corrected chi connectivity index (χ0v) is 19.8. The van der Waals surface area contributed by atoms with Crippen LogP contribution in [0.2, 0.25) is 0 Å². The van der Waals surface area contributed by atoms with Gasteiger partial charge in [0.15, 0.2) is 0 Å². The molecule has 178 valence electrons. The quantitative estimate of drug-likeness (QED) is 0.741. The van der Waals surface area contributed by atoms with E-state index in [0.717, 1.165) is 18.7 Å². The van der Waals surface area contributed by atoms with Gasteiger partial charge in [0.1, 0.15) is 0 Å². The third-order valence-corrected chi connectivity index (χ3v) is 7.46. The number of carbonyl (C=O) groups is 1. The second-order valence-electron chi connectivity index (χ2n) is 10.4. The van der Waals surface area contributed by atoms with E-state index in [1.807, 2.05) is 51.2 Å². The van der Waals surface area contributed by atoms with Crippen molar-refractivity contribution in [3.8, 4) is 11.1 Å². The van der Waals surface area contributed by atoms with Crippen LogP contribution >= 0.6 is 0 Å². The van der Waals surface area contributed by atoms with Gasteiger partial charge in [0.05, 0.1) is 23.8 Å². The first kappa shape index (κ1) is 23.7. The molecule has 2 fully saturated rings. The lowest BCUT2D eigenvalue weighted by atomic mass is 9.70. The van der Waals surface area contributed by atoms with Crippen LogP contribution in [0.15, 0.2) is 47.4 Å². The number of aliphatic hydroxyl groups excluding tert-OH is 1. The second kappa shape index (κ2) is 9.05. The van der Waals surface area contributed by atoms with Gasteiger partial charge >= 0.3 is 0 Å². The van der Waals surface area contributed by atoms with E-state index in [1.165, 1.54) is 10.6 Å². The van der Waals surface area contributed by atoms with Crippen LogP contribution < -0.4 is 5.56 Å². The molecule has 1 aromatic carbocycles. The Kier molecular flexibility index (Phi) is 6.49. The van der Waals surface area contributed by atoms with E-state index in [-0.39, 0.29) is 24.1 Å². The largest absolute Gasteiger partial charge is 0.393 e. The number of hydrogen-bond acceptors (Lipinski definition) is 5. The fraction of sp³-hybridized carbons (Fsp3) is 0.538. The van der Waals surface area contributed by atoms with E-state index < -0.39 is 11.0 Å². The summed E-state index contributed by atoms with van der Waals surface area (Å²) in [6, 6.07) is 11.0. The highest BCUT2D eigenvalue weighted by molar-refractivity contribution is 6.00. The number of rotatable bonds is 4. The lowest BCUT2D eigenvalue weighted by molar-refractivity contribution is -0.124. The van der Waals surface area contributed by atoms with Gasteiger partial charge in [-0.05, 0) is 31.9 Å². The average Bonchev–Trinajstić information content (AvgIpc) is 2.78. The summed E-state index contributed by atoms with van der Waals surface area (Å²) in [4.78, 5) is 30.7. The van der Waals surface area contributed by atoms with Gasteiger partial charge in [-0.25, -0.2) is 0 Å². The Morgan fingerprint density at radius 1 is 1.12 bits per heavy atom. The Hall–Kier alpha value is -2.48. The molecule has 1 unspecified atom stereocenters. The average molecular weight is 454 g/mol. The van der Waals surface area contributed by atoms with Crippen LogP contribution in [-0.4, -0.2) is 75.4 Å². The number of aromatic nitrogens is 1. The van der Waals surface area contributed by atoms with Crippen molar-refractivity contribution in [3.63, 3.8) is 0 Å². The Bertz CT molecular complexity index is 1060. The van der Waals surface area contributed by atoms with Crippen LogP contribution in [0.25, 0.3) is 11.1 Å². The SMILES string of the molecule is CN1CCC(O)(Cn2cc(C(=O)N3CCC(O)CC3)c(-c3ccccc3)cc2=O)C(C)(C)C1. The van der Waals surface area contributed by atoms with Gasteiger partial charge in [0, 0.05) is 49.4 Å². The van der Waals surface area contributed by atoms with Crippen molar-refractivity contribution in [1.29, 1.82) is 0 Å². The zero-order chi connectivity index (χ0) is 23.8. The van der Waals surface area contributed by atoms with Gasteiger partial charge in [-0.1, -0.05) is 44.2 Å². The van der Waals surface area contributed by atoms with E-state index in [2.05, 4.69) is 4.90 Å². The molecule has 4 rings (SSSR count). The zero-order valence-electron chi connectivity index (χ0n) is 19.8. The summed E-state index contributed by atoms with van der Waals surface area (Å²) < 4.78 is 1.51. The first-order valence-corrected chi connectivity index (χ1v) is 11.8. The third-order valence-electron chi connectivity index (χ3n) is 7.46. The molecule has 0 spiro atoms. The summed E-state index contributed by atoms with van der Waals surface area (Å²) in [7, 11) is 2.04. The van der Waals surface area contributed by atoms with Gasteiger partial charge in [-0.3, -0.25) is 9.59 Å². The minimum absolute atomic E-state index is 0.140. The number of benzene rings is 1. The van der Waals surface area contributed by atoms with Gasteiger partial charge in [0.25, 0.3) is 11.5 Å². The summed E-state index contributed by atoms with van der Waals surface area (Å²) in [6.45, 7) is 6.63. The molecule has 2 aromatic rings. The van der Waals surface area contributed by atoms with E-state index in [1.54, 1.807) is 11.1 Å². The smallest absolute Gasteiger partial charge is 0.255 e. The van der Waals surface area contributed by atoms with Crippen LogP contribution in [0, 0.1) is 5.41 Å². The number of carbonyl (C=O) groups excluding carboxylic acids is 1. The van der Waals surface area contributed by atoms with Gasteiger partial charge in [0.2, 0.25) is 0 Å². The molecule has 3 heterocycles. The third kappa shape index (κ3) is 4.76. The predicted octanol–water partition coefficient (Wildman–Crippen LogP) is 2.20. The minimum Gasteiger partial charge on any atom is -0.393 e. The van der Waals surface area contributed by atoms with Crippen LogP contribution in [0.4, 0.5) is 0 Å². The second-order valence-corrected chi connectivity index (χ2v) is 10.4. The van der Waals surface area contributed by atoms with Crippen molar-refractivity contribution < 1.29 is 15.0 Å². The molecule has 0 radical (unpaired) electrons. The standard InChI is InChI=1S/C26H35N3O4/c1-25(2)17-27(3)14-11-26(25,33)18-29-16-22(24(32)28-12-9-20(30)10-13-28)21(15-23(29)31)19-7-5-4-6-8-19/h4-8,15-16,20,30,33H,9-14,17-18H2,1-3H3. The normalized spacial score (nSPS) is 24.1. The van der Waals surface area contributed by atoms with Gasteiger partial charge in [-0.15, -0.1) is 0 Å². The minimum atomic E-state index is -1.06. The summed E-state index contributed by atoms with van der Waals surface area (Å²) in [5.74, 6) is -0.149. The van der Waals surface area contributed by atoms with Crippen molar-refractivity contribution in [2.24, 2.45) is 5.41 Å². The summed E-state index contributed by atoms with van der Waals surface area (Å²) >= 11 is 0. The van der Waals surface area contributed by atoms with Crippen molar-refractivity contribution in [2.45, 2.75) is 51.4 Å². The molecule has 2 aliphatic heterocycles. The lowest BCUT2D eigenvalue weighted by Gasteiger charge is -2.49. The van der Waals surface area contributed by atoms with Crippen LogP contribution in [0.5, 0.6) is 0 Å². The fourth-order valence-corrected chi connectivity index (χ4v) is 5.15. The molecular formula is C26H35N3O4. The van der Waals surface area contributed by atoms with Crippen molar-refractivity contribution >= 4 is 5.91 Å². The van der Waals surface area contributed by atoms with E-state index in [4.69, 9.17) is 0 Å². The van der Waals surface area contributed by atoms with Crippen molar-refractivity contribution in [3.05, 3.63) is 58.5 Å². The van der Waals surface area contributed by atoms with Crippen LogP contribution in [0.1, 0.15) is 43.5 Å². The van der Waals surface area contributed by atoms with Gasteiger partial charge in [-0.2, -0.15) is 0 Å². The topological polar surface area (TPSA) is 86.0 Å². The number of nitrogens with zero attached hydrogens (tertiary/aromatic N) is 3. The molecule has 7 heteroatoms. The van der Waals surface area contributed by atoms with Crippen LogP contribution in [-0.2, 0) is 6.54 Å². The Morgan fingerprint density at radius 3 is 2.42 bits per heavy atom. The number of aliphatic hydroxyl groups is 2. The Balaban J connectivity index is 1.74. The summed E-state index contributed by atoms with van der Waals surface area (Å²) in [5, 5.41) is 21.4. The number of piperidine rings is 2. The molecular weight excluding hydrogens is 418 g/mol. The number of likely N-dealkylation sites (tertiary alicyclic amines) is 2. The molecule has 2 aliphatic rings. The van der Waals surface area contributed by atoms with E-state index in [9.17, 15) is 19.8 Å². The Labute approximate surface area is 195 Å². The molecule has 1 aromatic heterocycles. The maximum atomic E-state index is 13.6. The highest BCUT2D eigenvalue weighted by Crippen LogP contribution is 2.39. The van der Waals surface area contributed by atoms with Crippen molar-refractivity contribution in [1.82, 2.24) is 14.4 Å². The number of amides is 1. The molecule has 1 atom stereocenters. The number of pyridine rings is 1. The monoisotopic (exact) mass is 453 g/mol. The highest BCUT2D eigenvalue weighted by atomic mass is 16.3. The molecule has 7 nitrogen and oxygen atoms in total. The molecule has 33 heavy (non-hydrogen) atoms. The lowest BCUT2D eigenvalue weighted by Crippen LogP contribution is -2.59. The molecule has 1 amide bonds. The van der Waals surface area contributed by atoms with Gasteiger partial charge < -0.3 is 24.6 Å². The summed E-state index contributed by atoms with van der Waals surface area (Å²) in [6.07, 6.45) is 2.90. The first-order valence-electron chi connectivity index (χ1n) is 11.8. The first-order chi connectivity index (χ1) is 15.6. The molecule has 0 aliphatic carbocycles. The fourth-order valence-electron chi connectivity index (χ4n) is 5.15. The molecule has 0 saturated carbocycles. The predicted molar refractivity (Wildman–Crippen MR) is 128 cm³/mol. The maximum absolute atomic E-state index is 13.6. The number of hydrogen-bond donors (Lipinski definition) is 2. The van der Waals surface area contributed by atoms with E-state index in [0.29, 0.717) is 43.5 Å². The maximum Gasteiger partial charge on any atom is 0.255 e. The molecule has 0 bridgehead atoms. The van der Waals surface area contributed by atoms with Crippen LogP contribution in [0.3, 0.4) is 0 Å². The molecule has 2 N–H and O–H groups in total. The highest BCUT2D eigenvalue weighted by Gasteiger charge is 2.47. The molecule has 2 saturated heterocycles. The van der Waals surface area contributed by atoms with E-state index >= 15 is 0 Å².